The summed E-state index contributed by atoms with van der Waals surface area (Å²) in [6, 6.07) is 17.6. The highest BCUT2D eigenvalue weighted by molar-refractivity contribution is 5.72. The topological polar surface area (TPSA) is 94.4 Å². The summed E-state index contributed by atoms with van der Waals surface area (Å²) in [6.45, 7) is 2.19. The van der Waals surface area contributed by atoms with E-state index < -0.39 is 0 Å². The second kappa shape index (κ2) is 10.2. The maximum absolute atomic E-state index is 12.7. The molecule has 0 radical (unpaired) electrons. The van der Waals surface area contributed by atoms with Crippen LogP contribution in [0, 0.1) is 0 Å². The molecule has 0 saturated carbocycles. The van der Waals surface area contributed by atoms with Gasteiger partial charge in [-0.15, -0.1) is 0 Å². The molecule has 1 N–H and O–H groups in total. The lowest BCUT2D eigenvalue weighted by Gasteiger charge is -2.35. The molecule has 2 aromatic heterocycles. The van der Waals surface area contributed by atoms with E-state index in [1.165, 1.54) is 12.4 Å². The summed E-state index contributed by atoms with van der Waals surface area (Å²) in [7, 11) is 5.06. The number of hydrogen-bond donors (Lipinski definition) is 1. The van der Waals surface area contributed by atoms with E-state index in [4.69, 9.17) is 14.5 Å². The Morgan fingerprint density at radius 2 is 1.83 bits per heavy atom. The van der Waals surface area contributed by atoms with Gasteiger partial charge < -0.3 is 19.7 Å². The van der Waals surface area contributed by atoms with Gasteiger partial charge in [0.25, 0.3) is 5.56 Å². The SMILES string of the molecule is COc1ccc(-c2ccc([C@H]3CN(c4nc(-c5ccncn5)cc(=O)n4C)CCN3)cc2)c(OC)c1. The van der Waals surface area contributed by atoms with E-state index in [1.807, 2.05) is 18.2 Å². The Morgan fingerprint density at radius 3 is 2.56 bits per heavy atom. The highest BCUT2D eigenvalue weighted by atomic mass is 16.5. The van der Waals surface area contributed by atoms with Crippen molar-refractivity contribution < 1.29 is 9.47 Å². The van der Waals surface area contributed by atoms with Crippen molar-refractivity contribution in [3.8, 4) is 34.0 Å². The molecule has 4 aromatic rings. The fourth-order valence-electron chi connectivity index (χ4n) is 4.47. The first kappa shape index (κ1) is 23.5. The zero-order valence-corrected chi connectivity index (χ0v) is 20.5. The summed E-state index contributed by atoms with van der Waals surface area (Å²) >= 11 is 0. The predicted octanol–water partition coefficient (Wildman–Crippen LogP) is 3.07. The molecule has 9 heteroatoms. The zero-order valence-electron chi connectivity index (χ0n) is 20.5. The average Bonchev–Trinajstić information content (AvgIpc) is 2.94. The Balaban J connectivity index is 1.39. The standard InChI is InChI=1S/C27H28N6O3/c1-32-26(34)15-23(22-10-11-28-17-30-22)31-27(32)33-13-12-29-24(16-33)19-6-4-18(5-7-19)21-9-8-20(35-2)14-25(21)36-3/h4-11,14-15,17,24,29H,12-13,16H2,1-3H3/t24-/m1/s1. The monoisotopic (exact) mass is 484 g/mol. The molecule has 0 bridgehead atoms. The van der Waals surface area contributed by atoms with Crippen molar-refractivity contribution in [1.82, 2.24) is 24.8 Å². The highest BCUT2D eigenvalue weighted by Crippen LogP contribution is 2.34. The number of ether oxygens (including phenoxy) is 2. The van der Waals surface area contributed by atoms with Crippen LogP contribution in [0.5, 0.6) is 11.5 Å². The normalized spacial score (nSPS) is 15.5. The van der Waals surface area contributed by atoms with Crippen LogP contribution >= 0.6 is 0 Å². The van der Waals surface area contributed by atoms with Gasteiger partial charge in [-0.2, -0.15) is 0 Å². The third-order valence-corrected chi connectivity index (χ3v) is 6.45. The summed E-state index contributed by atoms with van der Waals surface area (Å²) in [5.74, 6) is 2.15. The lowest BCUT2D eigenvalue weighted by molar-refractivity contribution is 0.395. The summed E-state index contributed by atoms with van der Waals surface area (Å²) in [5.41, 5.74) is 4.27. The smallest absolute Gasteiger partial charge is 0.255 e. The molecule has 1 saturated heterocycles. The first-order chi connectivity index (χ1) is 17.6. The molecule has 0 amide bonds. The Labute approximate surface area is 209 Å². The van der Waals surface area contributed by atoms with Gasteiger partial charge in [0.05, 0.1) is 25.6 Å². The van der Waals surface area contributed by atoms with Crippen LogP contribution in [-0.2, 0) is 7.05 Å². The van der Waals surface area contributed by atoms with Crippen molar-refractivity contribution in [1.29, 1.82) is 0 Å². The maximum atomic E-state index is 12.7. The molecule has 2 aromatic carbocycles. The molecular weight excluding hydrogens is 456 g/mol. The Kier molecular flexibility index (Phi) is 6.64. The minimum atomic E-state index is -0.124. The second-order valence-corrected chi connectivity index (χ2v) is 8.57. The molecule has 9 nitrogen and oxygen atoms in total. The van der Waals surface area contributed by atoms with Crippen molar-refractivity contribution in [2.75, 3.05) is 38.8 Å². The van der Waals surface area contributed by atoms with Gasteiger partial charge in [-0.25, -0.2) is 15.0 Å². The maximum Gasteiger partial charge on any atom is 0.255 e. The number of methoxy groups -OCH3 is 2. The molecule has 1 fully saturated rings. The van der Waals surface area contributed by atoms with E-state index in [2.05, 4.69) is 44.5 Å². The minimum absolute atomic E-state index is 0.0881. The first-order valence-corrected chi connectivity index (χ1v) is 11.7. The van der Waals surface area contributed by atoms with Gasteiger partial charge in [-0.3, -0.25) is 9.36 Å². The van der Waals surface area contributed by atoms with Crippen molar-refractivity contribution in [2.24, 2.45) is 7.05 Å². The molecule has 3 heterocycles. The second-order valence-electron chi connectivity index (χ2n) is 8.57. The molecule has 184 valence electrons. The van der Waals surface area contributed by atoms with Crippen LogP contribution in [-0.4, -0.2) is 53.4 Å². The number of benzene rings is 2. The van der Waals surface area contributed by atoms with Gasteiger partial charge in [-0.1, -0.05) is 24.3 Å². The summed E-state index contributed by atoms with van der Waals surface area (Å²) in [4.78, 5) is 27.9. The lowest BCUT2D eigenvalue weighted by Crippen LogP contribution is -2.47. The number of anilines is 1. The van der Waals surface area contributed by atoms with Crippen molar-refractivity contribution in [2.45, 2.75) is 6.04 Å². The fraction of sp³-hybridized carbons (Fsp3) is 0.259. The third kappa shape index (κ3) is 4.65. The third-order valence-electron chi connectivity index (χ3n) is 6.45. The first-order valence-electron chi connectivity index (χ1n) is 11.7. The van der Waals surface area contributed by atoms with Crippen LogP contribution in [0.4, 0.5) is 5.95 Å². The van der Waals surface area contributed by atoms with Crippen LogP contribution in [0.15, 0.2) is 71.9 Å². The van der Waals surface area contributed by atoms with Crippen molar-refractivity contribution in [3.05, 3.63) is 83.0 Å². The molecule has 1 atom stereocenters. The minimum Gasteiger partial charge on any atom is -0.497 e. The molecule has 0 aliphatic carbocycles. The molecule has 0 unspecified atom stereocenters. The van der Waals surface area contributed by atoms with E-state index in [-0.39, 0.29) is 11.6 Å². The summed E-state index contributed by atoms with van der Waals surface area (Å²) in [5, 5.41) is 3.59. The largest absolute Gasteiger partial charge is 0.497 e. The van der Waals surface area contributed by atoms with Crippen LogP contribution < -0.4 is 25.2 Å². The summed E-state index contributed by atoms with van der Waals surface area (Å²) in [6.07, 6.45) is 3.10. The lowest BCUT2D eigenvalue weighted by atomic mass is 9.99. The molecule has 0 spiro atoms. The molecule has 5 rings (SSSR count). The molecule has 1 aliphatic heterocycles. The van der Waals surface area contributed by atoms with E-state index in [1.54, 1.807) is 38.1 Å². The van der Waals surface area contributed by atoms with Crippen molar-refractivity contribution >= 4 is 5.95 Å². The highest BCUT2D eigenvalue weighted by Gasteiger charge is 2.24. The summed E-state index contributed by atoms with van der Waals surface area (Å²) < 4.78 is 12.5. The van der Waals surface area contributed by atoms with E-state index >= 15 is 0 Å². The Morgan fingerprint density at radius 1 is 1.00 bits per heavy atom. The van der Waals surface area contributed by atoms with E-state index in [0.717, 1.165) is 41.3 Å². The van der Waals surface area contributed by atoms with Gasteiger partial charge in [0, 0.05) is 56.6 Å². The Bertz CT molecular complexity index is 1410. The average molecular weight is 485 g/mol. The number of aromatic nitrogens is 4. The molecule has 1 aliphatic rings. The van der Waals surface area contributed by atoms with Crippen LogP contribution in [0.25, 0.3) is 22.5 Å². The molecular formula is C27H28N6O3. The van der Waals surface area contributed by atoms with Crippen LogP contribution in [0.3, 0.4) is 0 Å². The van der Waals surface area contributed by atoms with Crippen molar-refractivity contribution in [3.63, 3.8) is 0 Å². The Hall–Kier alpha value is -4.24. The van der Waals surface area contributed by atoms with E-state index in [0.29, 0.717) is 23.9 Å². The fourth-order valence-corrected chi connectivity index (χ4v) is 4.47. The predicted molar refractivity (Wildman–Crippen MR) is 138 cm³/mol. The number of nitrogens with one attached hydrogen (secondary N) is 1. The van der Waals surface area contributed by atoms with Gasteiger partial charge in [-0.05, 0) is 29.3 Å². The van der Waals surface area contributed by atoms with Gasteiger partial charge in [0.15, 0.2) is 0 Å². The number of piperazine rings is 1. The van der Waals surface area contributed by atoms with E-state index in [9.17, 15) is 4.79 Å². The van der Waals surface area contributed by atoms with Gasteiger partial charge in [0.1, 0.15) is 17.8 Å². The number of nitrogens with zero attached hydrogens (tertiary/aromatic N) is 5. The zero-order chi connectivity index (χ0) is 25.1. The van der Waals surface area contributed by atoms with Gasteiger partial charge in [0.2, 0.25) is 5.95 Å². The molecule has 36 heavy (non-hydrogen) atoms. The van der Waals surface area contributed by atoms with Crippen LogP contribution in [0.2, 0.25) is 0 Å². The number of rotatable bonds is 6. The number of hydrogen-bond acceptors (Lipinski definition) is 8. The quantitative estimate of drug-likeness (QED) is 0.446. The van der Waals surface area contributed by atoms with Gasteiger partial charge >= 0.3 is 0 Å². The van der Waals surface area contributed by atoms with Crippen LogP contribution in [0.1, 0.15) is 11.6 Å².